The Morgan fingerprint density at radius 1 is 1.23 bits per heavy atom. The van der Waals surface area contributed by atoms with Gasteiger partial charge in [0.15, 0.2) is 0 Å². The Hall–Kier alpha value is -1.88. The third-order valence-electron chi connectivity index (χ3n) is 3.28. The maximum atomic E-state index is 11.9. The second-order valence-electron chi connectivity index (χ2n) is 5.19. The summed E-state index contributed by atoms with van der Waals surface area (Å²) < 4.78 is 0. The van der Waals surface area contributed by atoms with Crippen LogP contribution in [0.2, 0.25) is 0 Å². The number of carbonyl (C=O) groups excluding carboxylic acids is 1. The monoisotopic (exact) mass is 317 g/mol. The van der Waals surface area contributed by atoms with Crippen LogP contribution in [0.25, 0.3) is 0 Å². The molecule has 22 heavy (non-hydrogen) atoms. The highest BCUT2D eigenvalue weighted by Crippen LogP contribution is 2.16. The number of nitrogens with one attached hydrogen (secondary N) is 1. The van der Waals surface area contributed by atoms with E-state index in [0.29, 0.717) is 12.2 Å². The first-order valence-electron chi connectivity index (χ1n) is 7.76. The third-order valence-corrected chi connectivity index (χ3v) is 4.16. The number of nitrogens with zero attached hydrogens (tertiary/aromatic N) is 2. The minimum absolute atomic E-state index is 0.0262. The molecule has 0 radical (unpaired) electrons. The minimum atomic E-state index is -0.0262. The maximum absolute atomic E-state index is 11.9. The van der Waals surface area contributed by atoms with Crippen LogP contribution in [0.4, 0.5) is 11.5 Å². The van der Waals surface area contributed by atoms with E-state index in [0.717, 1.165) is 36.5 Å². The molecule has 2 heterocycles. The van der Waals surface area contributed by atoms with E-state index in [9.17, 15) is 4.79 Å². The summed E-state index contributed by atoms with van der Waals surface area (Å²) in [6.07, 6.45) is 4.46. The van der Waals surface area contributed by atoms with E-state index >= 15 is 0 Å². The van der Waals surface area contributed by atoms with Crippen molar-refractivity contribution in [1.29, 1.82) is 0 Å². The number of thiophene rings is 1. The van der Waals surface area contributed by atoms with E-state index in [2.05, 4.69) is 29.0 Å². The fourth-order valence-electron chi connectivity index (χ4n) is 2.32. The third kappa shape index (κ3) is 4.84. The second-order valence-corrected chi connectivity index (χ2v) is 6.23. The van der Waals surface area contributed by atoms with Crippen molar-refractivity contribution in [2.24, 2.45) is 0 Å². The van der Waals surface area contributed by atoms with Gasteiger partial charge in [0.05, 0.1) is 18.3 Å². The number of aromatic nitrogens is 1. The van der Waals surface area contributed by atoms with E-state index in [1.807, 2.05) is 35.8 Å². The number of rotatable bonds is 8. The predicted octanol–water partition coefficient (Wildman–Crippen LogP) is 3.95. The molecule has 0 unspecified atom stereocenters. The molecule has 1 amide bonds. The SMILES string of the molecule is CCCN(CCC)c1ccc(NC(=O)Cc2cccs2)nc1. The Balaban J connectivity index is 1.94. The first kappa shape index (κ1) is 16.5. The molecule has 2 aromatic heterocycles. The van der Waals surface area contributed by atoms with Crippen molar-refractivity contribution in [1.82, 2.24) is 4.98 Å². The van der Waals surface area contributed by atoms with Crippen molar-refractivity contribution in [3.63, 3.8) is 0 Å². The number of amides is 1. The predicted molar refractivity (Wildman–Crippen MR) is 93.7 cm³/mol. The van der Waals surface area contributed by atoms with Gasteiger partial charge in [0.1, 0.15) is 5.82 Å². The van der Waals surface area contributed by atoms with Crippen molar-refractivity contribution in [3.8, 4) is 0 Å². The Bertz CT molecular complexity index is 560. The standard InChI is InChI=1S/C17H23N3OS/c1-3-9-20(10-4-2)14-7-8-16(18-13-14)19-17(21)12-15-6-5-11-22-15/h5-8,11,13H,3-4,9-10,12H2,1-2H3,(H,18,19,21). The molecule has 0 atom stereocenters. The Labute approximate surface area is 136 Å². The fraction of sp³-hybridized carbons (Fsp3) is 0.412. The number of carbonyl (C=O) groups is 1. The van der Waals surface area contributed by atoms with Crippen LogP contribution in [-0.2, 0) is 11.2 Å². The topological polar surface area (TPSA) is 45.2 Å². The lowest BCUT2D eigenvalue weighted by atomic mass is 10.3. The van der Waals surface area contributed by atoms with E-state index in [1.54, 1.807) is 11.3 Å². The molecular weight excluding hydrogens is 294 g/mol. The van der Waals surface area contributed by atoms with Gasteiger partial charge >= 0.3 is 0 Å². The molecular formula is C17H23N3OS. The van der Waals surface area contributed by atoms with Crippen LogP contribution >= 0.6 is 11.3 Å². The van der Waals surface area contributed by atoms with E-state index in [4.69, 9.17) is 0 Å². The van der Waals surface area contributed by atoms with Gasteiger partial charge in [-0.05, 0) is 36.4 Å². The Morgan fingerprint density at radius 3 is 2.55 bits per heavy atom. The van der Waals surface area contributed by atoms with Crippen LogP contribution < -0.4 is 10.2 Å². The van der Waals surface area contributed by atoms with Crippen molar-refractivity contribution in [2.45, 2.75) is 33.1 Å². The molecule has 4 nitrogen and oxygen atoms in total. The smallest absolute Gasteiger partial charge is 0.230 e. The Kier molecular flexibility index (Phi) is 6.40. The average molecular weight is 317 g/mol. The van der Waals surface area contributed by atoms with Gasteiger partial charge in [0, 0.05) is 18.0 Å². The van der Waals surface area contributed by atoms with Crippen LogP contribution in [0.5, 0.6) is 0 Å². The summed E-state index contributed by atoms with van der Waals surface area (Å²) in [6, 6.07) is 7.82. The first-order chi connectivity index (χ1) is 10.7. The lowest BCUT2D eigenvalue weighted by molar-refractivity contribution is -0.115. The molecule has 0 saturated heterocycles. The largest absolute Gasteiger partial charge is 0.370 e. The summed E-state index contributed by atoms with van der Waals surface area (Å²) in [5, 5.41) is 4.83. The average Bonchev–Trinajstić information content (AvgIpc) is 3.00. The van der Waals surface area contributed by atoms with Crippen molar-refractivity contribution in [3.05, 3.63) is 40.7 Å². The van der Waals surface area contributed by atoms with Crippen LogP contribution in [0.3, 0.4) is 0 Å². The molecule has 2 aromatic rings. The molecule has 0 spiro atoms. The van der Waals surface area contributed by atoms with Crippen LogP contribution in [0.15, 0.2) is 35.8 Å². The second kappa shape index (κ2) is 8.54. The van der Waals surface area contributed by atoms with E-state index in [1.165, 1.54) is 0 Å². The van der Waals surface area contributed by atoms with E-state index < -0.39 is 0 Å². The fourth-order valence-corrected chi connectivity index (χ4v) is 3.02. The highest BCUT2D eigenvalue weighted by Gasteiger charge is 2.08. The molecule has 2 rings (SSSR count). The minimum Gasteiger partial charge on any atom is -0.370 e. The number of anilines is 2. The number of hydrogen-bond donors (Lipinski definition) is 1. The van der Waals surface area contributed by atoms with Gasteiger partial charge in [-0.1, -0.05) is 19.9 Å². The van der Waals surface area contributed by atoms with Gasteiger partial charge in [-0.15, -0.1) is 11.3 Å². The van der Waals surface area contributed by atoms with Gasteiger partial charge in [-0.3, -0.25) is 4.79 Å². The molecule has 118 valence electrons. The summed E-state index contributed by atoms with van der Waals surface area (Å²) in [5.74, 6) is 0.583. The van der Waals surface area contributed by atoms with E-state index in [-0.39, 0.29) is 5.91 Å². The highest BCUT2D eigenvalue weighted by molar-refractivity contribution is 7.10. The van der Waals surface area contributed by atoms with Crippen molar-refractivity contribution in [2.75, 3.05) is 23.3 Å². The molecule has 0 bridgehead atoms. The number of hydrogen-bond acceptors (Lipinski definition) is 4. The van der Waals surface area contributed by atoms with Crippen LogP contribution in [0, 0.1) is 0 Å². The normalized spacial score (nSPS) is 10.5. The maximum Gasteiger partial charge on any atom is 0.230 e. The Morgan fingerprint density at radius 2 is 2.00 bits per heavy atom. The van der Waals surface area contributed by atoms with Crippen molar-refractivity contribution < 1.29 is 4.79 Å². The zero-order valence-electron chi connectivity index (χ0n) is 13.2. The first-order valence-corrected chi connectivity index (χ1v) is 8.64. The van der Waals surface area contributed by atoms with Gasteiger partial charge < -0.3 is 10.2 Å². The number of pyridine rings is 1. The lowest BCUT2D eigenvalue weighted by Gasteiger charge is -2.23. The van der Waals surface area contributed by atoms with Crippen LogP contribution in [-0.4, -0.2) is 24.0 Å². The molecule has 0 aliphatic rings. The summed E-state index contributed by atoms with van der Waals surface area (Å²) in [4.78, 5) is 19.7. The van der Waals surface area contributed by atoms with Gasteiger partial charge in [-0.25, -0.2) is 4.98 Å². The van der Waals surface area contributed by atoms with Gasteiger partial charge in [-0.2, -0.15) is 0 Å². The molecule has 5 heteroatoms. The molecule has 0 saturated carbocycles. The molecule has 0 fully saturated rings. The molecule has 0 aliphatic heterocycles. The van der Waals surface area contributed by atoms with Gasteiger partial charge in [0.25, 0.3) is 0 Å². The molecule has 0 aliphatic carbocycles. The summed E-state index contributed by atoms with van der Waals surface area (Å²) >= 11 is 1.59. The highest BCUT2D eigenvalue weighted by atomic mass is 32.1. The van der Waals surface area contributed by atoms with Gasteiger partial charge in [0.2, 0.25) is 5.91 Å². The van der Waals surface area contributed by atoms with Crippen molar-refractivity contribution >= 4 is 28.7 Å². The summed E-state index contributed by atoms with van der Waals surface area (Å²) in [5.41, 5.74) is 1.11. The molecule has 1 N–H and O–H groups in total. The van der Waals surface area contributed by atoms with Crippen LogP contribution in [0.1, 0.15) is 31.6 Å². The summed E-state index contributed by atoms with van der Waals surface area (Å²) in [6.45, 7) is 6.41. The summed E-state index contributed by atoms with van der Waals surface area (Å²) in [7, 11) is 0. The quantitative estimate of drug-likeness (QED) is 0.802. The zero-order valence-corrected chi connectivity index (χ0v) is 14.0. The zero-order chi connectivity index (χ0) is 15.8. The lowest BCUT2D eigenvalue weighted by Crippen LogP contribution is -2.25. The molecule has 0 aromatic carbocycles.